The Labute approximate surface area is 222 Å². The Morgan fingerprint density at radius 2 is 1.79 bits per heavy atom. The van der Waals surface area contributed by atoms with E-state index < -0.39 is 18.4 Å². The van der Waals surface area contributed by atoms with Crippen LogP contribution in [-0.4, -0.2) is 49.3 Å². The first-order valence-corrected chi connectivity index (χ1v) is 12.8. The highest BCUT2D eigenvalue weighted by Crippen LogP contribution is 2.38. The summed E-state index contributed by atoms with van der Waals surface area (Å²) >= 11 is 0. The monoisotopic (exact) mass is 509 g/mol. The van der Waals surface area contributed by atoms with Crippen LogP contribution in [0.3, 0.4) is 0 Å². The number of benzene rings is 4. The van der Waals surface area contributed by atoms with Gasteiger partial charge in [-0.3, -0.25) is 9.59 Å². The van der Waals surface area contributed by atoms with Gasteiger partial charge in [-0.2, -0.15) is 0 Å². The van der Waals surface area contributed by atoms with E-state index in [-0.39, 0.29) is 6.10 Å². The summed E-state index contributed by atoms with van der Waals surface area (Å²) in [5.41, 5.74) is 4.34. The molecular formula is C31H31N3O4. The number of carboxylic acids is 1. The minimum Gasteiger partial charge on any atom is -0.485 e. The fourth-order valence-electron chi connectivity index (χ4n) is 4.92. The number of rotatable bonds is 9. The van der Waals surface area contributed by atoms with Gasteiger partial charge in [0.05, 0.1) is 12.2 Å². The Bertz CT molecular complexity index is 1460. The van der Waals surface area contributed by atoms with Gasteiger partial charge in [-0.25, -0.2) is 0 Å². The van der Waals surface area contributed by atoms with Crippen LogP contribution >= 0.6 is 0 Å². The lowest BCUT2D eigenvalue weighted by atomic mass is 10.0. The third kappa shape index (κ3) is 5.63. The van der Waals surface area contributed by atoms with E-state index in [0.29, 0.717) is 18.7 Å². The second-order valence-corrected chi connectivity index (χ2v) is 9.49. The van der Waals surface area contributed by atoms with E-state index in [0.717, 1.165) is 35.7 Å². The molecule has 7 nitrogen and oxygen atoms in total. The van der Waals surface area contributed by atoms with Gasteiger partial charge in [0.15, 0.2) is 0 Å². The quantitative estimate of drug-likeness (QED) is 0.284. The van der Waals surface area contributed by atoms with Crippen molar-refractivity contribution >= 4 is 34.0 Å². The maximum Gasteiger partial charge on any atom is 0.322 e. The number of carboxylic acid groups (broad SMARTS) is 1. The predicted octanol–water partition coefficient (Wildman–Crippen LogP) is 4.69. The first kappa shape index (κ1) is 25.3. The van der Waals surface area contributed by atoms with Crippen molar-refractivity contribution in [1.82, 2.24) is 10.6 Å². The molecule has 3 N–H and O–H groups in total. The van der Waals surface area contributed by atoms with Crippen LogP contribution in [0.5, 0.6) is 5.75 Å². The molecule has 0 spiro atoms. The first-order chi connectivity index (χ1) is 18.5. The Morgan fingerprint density at radius 3 is 2.66 bits per heavy atom. The molecule has 0 unspecified atom stereocenters. The van der Waals surface area contributed by atoms with Gasteiger partial charge in [0, 0.05) is 17.8 Å². The molecule has 0 aromatic heterocycles. The van der Waals surface area contributed by atoms with Crippen molar-refractivity contribution in [2.24, 2.45) is 0 Å². The van der Waals surface area contributed by atoms with Crippen LogP contribution in [0.2, 0.25) is 0 Å². The molecule has 0 aliphatic carbocycles. The number of fused-ring (bicyclic) bond motifs is 2. The maximum atomic E-state index is 12.7. The smallest absolute Gasteiger partial charge is 0.322 e. The summed E-state index contributed by atoms with van der Waals surface area (Å²) in [5, 5.41) is 17.5. The average molecular weight is 510 g/mol. The average Bonchev–Trinajstić information content (AvgIpc) is 2.94. The number of nitrogens with one attached hydrogen (secondary N) is 2. The minimum atomic E-state index is -1.08. The van der Waals surface area contributed by atoms with Gasteiger partial charge in [0.2, 0.25) is 0 Å². The highest BCUT2D eigenvalue weighted by atomic mass is 16.5. The molecule has 1 aliphatic rings. The highest BCUT2D eigenvalue weighted by molar-refractivity contribution is 5.98. The van der Waals surface area contributed by atoms with E-state index in [1.165, 1.54) is 16.3 Å². The molecule has 7 heteroatoms. The molecule has 1 atom stereocenters. The van der Waals surface area contributed by atoms with Gasteiger partial charge in [0.1, 0.15) is 18.4 Å². The molecule has 0 saturated heterocycles. The van der Waals surface area contributed by atoms with E-state index in [1.54, 1.807) is 0 Å². The maximum absolute atomic E-state index is 12.7. The molecule has 38 heavy (non-hydrogen) atoms. The van der Waals surface area contributed by atoms with Crippen molar-refractivity contribution in [1.29, 1.82) is 0 Å². The summed E-state index contributed by atoms with van der Waals surface area (Å²) < 4.78 is 6.32. The summed E-state index contributed by atoms with van der Waals surface area (Å²) in [4.78, 5) is 25.7. The van der Waals surface area contributed by atoms with Gasteiger partial charge in [-0.1, -0.05) is 60.7 Å². The van der Waals surface area contributed by atoms with Crippen molar-refractivity contribution in [2.75, 3.05) is 31.1 Å². The molecular weight excluding hydrogens is 478 g/mol. The van der Waals surface area contributed by atoms with Crippen LogP contribution in [0.1, 0.15) is 21.5 Å². The number of hydrogen-bond donors (Lipinski definition) is 3. The van der Waals surface area contributed by atoms with E-state index in [1.807, 2.05) is 49.4 Å². The Balaban J connectivity index is 1.29. The summed E-state index contributed by atoms with van der Waals surface area (Å²) in [6.07, 6.45) is 0.823. The summed E-state index contributed by atoms with van der Waals surface area (Å²) in [7, 11) is 0. The number of amides is 1. The van der Waals surface area contributed by atoms with Crippen LogP contribution < -0.4 is 20.3 Å². The van der Waals surface area contributed by atoms with Crippen LogP contribution in [0.15, 0.2) is 84.9 Å². The largest absolute Gasteiger partial charge is 0.485 e. The number of para-hydroxylation sites is 2. The molecule has 0 bridgehead atoms. The van der Waals surface area contributed by atoms with Gasteiger partial charge in [-0.15, -0.1) is 0 Å². The number of carbonyl (C=O) groups is 2. The number of anilines is 2. The highest BCUT2D eigenvalue weighted by Gasteiger charge is 2.27. The molecule has 194 valence electrons. The molecule has 0 saturated carbocycles. The van der Waals surface area contributed by atoms with Crippen LogP contribution in [0.25, 0.3) is 10.8 Å². The lowest BCUT2D eigenvalue weighted by molar-refractivity contribution is -0.135. The number of ether oxygens (including phenoxy) is 1. The molecule has 0 radical (unpaired) electrons. The lowest BCUT2D eigenvalue weighted by Crippen LogP contribution is -2.43. The number of nitrogens with zero attached hydrogens (tertiary/aromatic N) is 1. The second-order valence-electron chi connectivity index (χ2n) is 9.49. The summed E-state index contributed by atoms with van der Waals surface area (Å²) in [6, 6.07) is 28.4. The Morgan fingerprint density at radius 1 is 1.00 bits per heavy atom. The van der Waals surface area contributed by atoms with Crippen molar-refractivity contribution in [3.8, 4) is 5.75 Å². The topological polar surface area (TPSA) is 90.9 Å². The molecule has 1 aliphatic heterocycles. The Hall–Kier alpha value is -4.36. The van der Waals surface area contributed by atoms with Crippen LogP contribution in [-0.2, 0) is 11.2 Å². The predicted molar refractivity (Wildman–Crippen MR) is 150 cm³/mol. The lowest BCUT2D eigenvalue weighted by Gasteiger charge is -2.36. The SMILES string of the molecule is Cc1ccc(N2C[C@@H](CNCCc3cccc4ccccc34)Oc3ccccc32)cc1C(=O)NCC(=O)O. The normalized spacial score (nSPS) is 14.6. The number of aryl methyl sites for hydroxylation is 1. The van der Waals surface area contributed by atoms with Crippen molar-refractivity contribution < 1.29 is 19.4 Å². The third-order valence-electron chi connectivity index (χ3n) is 6.84. The summed E-state index contributed by atoms with van der Waals surface area (Å²) in [6.45, 7) is 3.53. The van der Waals surface area contributed by atoms with Crippen LogP contribution in [0, 0.1) is 6.92 Å². The molecule has 5 rings (SSSR count). The minimum absolute atomic E-state index is 0.0944. The zero-order chi connectivity index (χ0) is 26.5. The van der Waals surface area contributed by atoms with Crippen LogP contribution in [0.4, 0.5) is 11.4 Å². The zero-order valence-corrected chi connectivity index (χ0v) is 21.3. The zero-order valence-electron chi connectivity index (χ0n) is 21.3. The number of carbonyl (C=O) groups excluding carboxylic acids is 1. The third-order valence-corrected chi connectivity index (χ3v) is 6.84. The molecule has 4 aromatic rings. The summed E-state index contributed by atoms with van der Waals surface area (Å²) in [5.74, 6) is -0.693. The van der Waals surface area contributed by atoms with E-state index in [4.69, 9.17) is 9.84 Å². The van der Waals surface area contributed by atoms with Gasteiger partial charge < -0.3 is 25.4 Å². The van der Waals surface area contributed by atoms with Crippen molar-refractivity contribution in [3.63, 3.8) is 0 Å². The number of hydrogen-bond acceptors (Lipinski definition) is 5. The standard InChI is InChI=1S/C31H31N3O4/c1-21-13-14-24(17-27(21)31(37)33-19-30(35)36)34-20-25(38-29-12-5-4-11-28(29)34)18-32-16-15-23-9-6-8-22-7-2-3-10-26(22)23/h2-14,17,25,32H,15-16,18-20H2,1H3,(H,33,37)(H,35,36)/t25-/m1/s1. The fraction of sp³-hybridized carbons (Fsp3) is 0.226. The Kier molecular flexibility index (Phi) is 7.56. The number of aliphatic carboxylic acids is 1. The molecule has 0 fully saturated rings. The van der Waals surface area contributed by atoms with Gasteiger partial charge in [-0.05, 0) is 66.1 Å². The van der Waals surface area contributed by atoms with Crippen molar-refractivity contribution in [2.45, 2.75) is 19.4 Å². The van der Waals surface area contributed by atoms with E-state index >= 15 is 0 Å². The van der Waals surface area contributed by atoms with Crippen molar-refractivity contribution in [3.05, 3.63) is 102 Å². The van der Waals surface area contributed by atoms with Gasteiger partial charge in [0.25, 0.3) is 5.91 Å². The second kappa shape index (κ2) is 11.4. The van der Waals surface area contributed by atoms with E-state index in [9.17, 15) is 9.59 Å². The first-order valence-electron chi connectivity index (χ1n) is 12.8. The molecule has 1 heterocycles. The van der Waals surface area contributed by atoms with Gasteiger partial charge >= 0.3 is 5.97 Å². The van der Waals surface area contributed by atoms with E-state index in [2.05, 4.69) is 58.0 Å². The molecule has 1 amide bonds. The molecule has 4 aromatic carbocycles. The fourth-order valence-corrected chi connectivity index (χ4v) is 4.92.